The van der Waals surface area contributed by atoms with Crippen molar-refractivity contribution in [1.82, 2.24) is 5.32 Å². The topological polar surface area (TPSA) is 29.1 Å². The Bertz CT molecular complexity index is 174. The molecule has 46 valence electrons. The number of carbonyl (C=O) groups excluding carboxylic acids is 1. The second-order valence-corrected chi connectivity index (χ2v) is 2.18. The molecule has 9 heavy (non-hydrogen) atoms. The predicted molar refractivity (Wildman–Crippen MR) is 35.8 cm³/mol. The minimum atomic E-state index is -0.0346. The Hall–Kier alpha value is -0.725. The van der Waals surface area contributed by atoms with E-state index in [0.717, 1.165) is 24.0 Å². The first-order chi connectivity index (χ1) is 4.20. The number of hydrogen-bond acceptors (Lipinski definition) is 1. The lowest BCUT2D eigenvalue weighted by Crippen LogP contribution is -2.25. The van der Waals surface area contributed by atoms with Gasteiger partial charge in [-0.2, -0.15) is 0 Å². The monoisotopic (exact) mass is 121 g/mol. The van der Waals surface area contributed by atoms with Crippen LogP contribution < -0.4 is 5.32 Å². The van der Waals surface area contributed by atoms with Crippen LogP contribution in [0.3, 0.4) is 0 Å². The molecule has 0 bridgehead atoms. The molecule has 0 spiro atoms. The second-order valence-electron chi connectivity index (χ2n) is 2.18. The van der Waals surface area contributed by atoms with E-state index in [2.05, 4.69) is 5.32 Å². The van der Waals surface area contributed by atoms with E-state index in [9.17, 15) is 4.79 Å². The summed E-state index contributed by atoms with van der Waals surface area (Å²) in [5.74, 6) is -0.0346. The lowest BCUT2D eigenvalue weighted by molar-refractivity contribution is -0.118. The molecule has 0 heterocycles. The fourth-order valence-corrected chi connectivity index (χ4v) is 0.750. The van der Waals surface area contributed by atoms with Gasteiger partial charge < -0.3 is 5.32 Å². The van der Waals surface area contributed by atoms with Crippen LogP contribution in [-0.2, 0) is 4.79 Å². The maximum Gasteiger partial charge on any atom is 0.220 e. The van der Waals surface area contributed by atoms with Crippen LogP contribution >= 0.6 is 0 Å². The summed E-state index contributed by atoms with van der Waals surface area (Å²) in [6, 6.07) is 0. The first-order valence-corrected chi connectivity index (χ1v) is 2.95. The largest absolute Gasteiger partial charge is 0.331 e. The van der Waals surface area contributed by atoms with E-state index in [0.29, 0.717) is 0 Å². The SMILES string of the molecule is [B]C1=C(NC(C)=O)CC1. The number of carbonyl (C=O) groups is 1. The van der Waals surface area contributed by atoms with Gasteiger partial charge in [0.2, 0.25) is 5.91 Å². The van der Waals surface area contributed by atoms with Crippen molar-refractivity contribution >= 4 is 13.8 Å². The molecule has 0 aromatic heterocycles. The van der Waals surface area contributed by atoms with Gasteiger partial charge in [0.15, 0.2) is 0 Å². The maximum absolute atomic E-state index is 10.4. The van der Waals surface area contributed by atoms with E-state index >= 15 is 0 Å². The Labute approximate surface area is 55.7 Å². The Kier molecular flexibility index (Phi) is 1.60. The maximum atomic E-state index is 10.4. The third-order valence-corrected chi connectivity index (χ3v) is 1.36. The lowest BCUT2D eigenvalue weighted by Gasteiger charge is -2.21. The summed E-state index contributed by atoms with van der Waals surface area (Å²) in [5, 5.41) is 2.64. The molecule has 1 amide bonds. The average Bonchev–Trinajstić information content (AvgIpc) is 1.79. The van der Waals surface area contributed by atoms with Crippen LogP contribution in [0.4, 0.5) is 0 Å². The van der Waals surface area contributed by atoms with Crippen molar-refractivity contribution in [3.63, 3.8) is 0 Å². The van der Waals surface area contributed by atoms with E-state index < -0.39 is 0 Å². The summed E-state index contributed by atoms with van der Waals surface area (Å²) >= 11 is 0. The fraction of sp³-hybridized carbons (Fsp3) is 0.500. The quantitative estimate of drug-likeness (QED) is 0.496. The van der Waals surface area contributed by atoms with Crippen LogP contribution in [0.15, 0.2) is 11.2 Å². The van der Waals surface area contributed by atoms with E-state index in [4.69, 9.17) is 7.85 Å². The Morgan fingerprint density at radius 1 is 1.67 bits per heavy atom. The summed E-state index contributed by atoms with van der Waals surface area (Å²) in [6.07, 6.45) is 1.85. The van der Waals surface area contributed by atoms with Crippen molar-refractivity contribution in [2.24, 2.45) is 0 Å². The van der Waals surface area contributed by atoms with Crippen molar-refractivity contribution in [3.8, 4) is 0 Å². The van der Waals surface area contributed by atoms with Crippen LogP contribution in [-0.4, -0.2) is 13.8 Å². The Morgan fingerprint density at radius 2 is 2.33 bits per heavy atom. The van der Waals surface area contributed by atoms with Gasteiger partial charge in [-0.1, -0.05) is 5.47 Å². The molecular weight excluding hydrogens is 113 g/mol. The van der Waals surface area contributed by atoms with Crippen LogP contribution in [0.25, 0.3) is 0 Å². The molecule has 1 aliphatic carbocycles. The van der Waals surface area contributed by atoms with Crippen molar-refractivity contribution in [3.05, 3.63) is 11.2 Å². The van der Waals surface area contributed by atoms with Gasteiger partial charge in [0.1, 0.15) is 7.85 Å². The van der Waals surface area contributed by atoms with Gasteiger partial charge in [0, 0.05) is 12.6 Å². The van der Waals surface area contributed by atoms with Crippen molar-refractivity contribution in [2.45, 2.75) is 19.8 Å². The lowest BCUT2D eigenvalue weighted by atomic mass is 9.79. The molecular formula is C6H8BNO. The van der Waals surface area contributed by atoms with Crippen LogP contribution in [0.5, 0.6) is 0 Å². The molecule has 0 fully saturated rings. The summed E-state index contributed by atoms with van der Waals surface area (Å²) in [6.45, 7) is 1.48. The van der Waals surface area contributed by atoms with Gasteiger partial charge in [0.05, 0.1) is 0 Å². The summed E-state index contributed by atoms with van der Waals surface area (Å²) in [4.78, 5) is 10.4. The molecule has 0 saturated carbocycles. The van der Waals surface area contributed by atoms with Gasteiger partial charge >= 0.3 is 0 Å². The number of amides is 1. The molecule has 2 radical (unpaired) electrons. The van der Waals surface area contributed by atoms with Gasteiger partial charge in [-0.05, 0) is 12.8 Å². The molecule has 1 rings (SSSR count). The minimum Gasteiger partial charge on any atom is -0.331 e. The zero-order chi connectivity index (χ0) is 6.85. The second kappa shape index (κ2) is 2.25. The summed E-state index contributed by atoms with van der Waals surface area (Å²) in [7, 11) is 5.44. The molecule has 0 unspecified atom stereocenters. The van der Waals surface area contributed by atoms with Crippen LogP contribution in [0, 0.1) is 0 Å². The average molecular weight is 121 g/mol. The van der Waals surface area contributed by atoms with Gasteiger partial charge in [-0.25, -0.2) is 0 Å². The minimum absolute atomic E-state index is 0.0346. The standard InChI is InChI=1S/C6H8BNO/c1-4(9)8-6-3-2-5(6)7/h2-3H2,1H3,(H,8,9). The van der Waals surface area contributed by atoms with E-state index in [1.165, 1.54) is 6.92 Å². The number of allylic oxidation sites excluding steroid dienone is 2. The highest BCUT2D eigenvalue weighted by atomic mass is 16.1. The van der Waals surface area contributed by atoms with E-state index in [-0.39, 0.29) is 5.91 Å². The highest BCUT2D eigenvalue weighted by Gasteiger charge is 2.12. The third-order valence-electron chi connectivity index (χ3n) is 1.36. The van der Waals surface area contributed by atoms with Gasteiger partial charge in [-0.15, -0.1) is 0 Å². The molecule has 0 aromatic rings. The smallest absolute Gasteiger partial charge is 0.220 e. The first-order valence-electron chi connectivity index (χ1n) is 2.95. The number of nitrogens with one attached hydrogen (secondary N) is 1. The molecule has 0 saturated heterocycles. The zero-order valence-electron chi connectivity index (χ0n) is 5.40. The molecule has 1 N–H and O–H groups in total. The summed E-state index contributed by atoms with van der Waals surface area (Å²) in [5.41, 5.74) is 1.73. The number of hydrogen-bond donors (Lipinski definition) is 1. The van der Waals surface area contributed by atoms with Gasteiger partial charge in [-0.3, -0.25) is 4.79 Å². The van der Waals surface area contributed by atoms with E-state index in [1.54, 1.807) is 0 Å². The van der Waals surface area contributed by atoms with Crippen molar-refractivity contribution in [1.29, 1.82) is 0 Å². The van der Waals surface area contributed by atoms with Crippen molar-refractivity contribution < 1.29 is 4.79 Å². The number of rotatable bonds is 1. The molecule has 1 aliphatic rings. The molecule has 2 nitrogen and oxygen atoms in total. The third kappa shape index (κ3) is 1.34. The zero-order valence-corrected chi connectivity index (χ0v) is 5.40. The fourth-order valence-electron chi connectivity index (χ4n) is 0.750. The highest BCUT2D eigenvalue weighted by Crippen LogP contribution is 2.21. The Morgan fingerprint density at radius 3 is 2.44 bits per heavy atom. The molecule has 0 aromatic carbocycles. The highest BCUT2D eigenvalue weighted by molar-refractivity contribution is 6.23. The van der Waals surface area contributed by atoms with E-state index in [1.807, 2.05) is 0 Å². The predicted octanol–water partition coefficient (Wildman–Crippen LogP) is 0.296. The summed E-state index contributed by atoms with van der Waals surface area (Å²) < 4.78 is 0. The van der Waals surface area contributed by atoms with Crippen LogP contribution in [0.2, 0.25) is 0 Å². The normalized spacial score (nSPS) is 17.0. The Balaban J connectivity index is 2.46. The molecule has 3 heteroatoms. The molecule has 0 aliphatic heterocycles. The van der Waals surface area contributed by atoms with Crippen LogP contribution in [0.1, 0.15) is 19.8 Å². The van der Waals surface area contributed by atoms with Crippen molar-refractivity contribution in [2.75, 3.05) is 0 Å². The molecule has 0 atom stereocenters. The first kappa shape index (κ1) is 6.40. The van der Waals surface area contributed by atoms with Gasteiger partial charge in [0.25, 0.3) is 0 Å².